The third-order valence-corrected chi connectivity index (χ3v) is 9.21. The minimum atomic E-state index is -1.26. The molecule has 0 bridgehead atoms. The van der Waals surface area contributed by atoms with E-state index in [2.05, 4.69) is 20.4 Å². The fraction of sp³-hybridized carbons (Fsp3) is 0.316. The third-order valence-electron chi connectivity index (χ3n) is 4.99. The number of aliphatic carboxylic acids is 1. The summed E-state index contributed by atoms with van der Waals surface area (Å²) in [5.74, 6) is -2.58. The molecule has 13 nitrogen and oxygen atoms in total. The number of nitrogen functional groups attached to an aromatic ring is 1. The van der Waals surface area contributed by atoms with Gasteiger partial charge in [0.25, 0.3) is 11.8 Å². The molecule has 1 unspecified atom stereocenters. The summed E-state index contributed by atoms with van der Waals surface area (Å²) in [5, 5.41) is 17.3. The number of carbonyl (C=O) groups is 4. The number of aromatic nitrogens is 2. The van der Waals surface area contributed by atoms with E-state index < -0.39 is 35.2 Å². The number of methoxy groups -OCH3 is 1. The summed E-state index contributed by atoms with van der Waals surface area (Å²) >= 11 is 4.91. The Hall–Kier alpha value is -1.51. The monoisotopic (exact) mass is 610 g/mol. The molecule has 0 aromatic carbocycles. The number of carbonyl (C=O) groups excluding carboxylic acids is 3. The average Bonchev–Trinajstić information content (AvgIpc) is 3.51. The first-order valence-corrected chi connectivity index (χ1v) is 13.7. The summed E-state index contributed by atoms with van der Waals surface area (Å²) in [6.45, 7) is 0. The SMILES string of the molecule is CO/N=C(\C(=O)NC1C(=O)N2C(C(=O)O)=C(CSc3scnc3C(=O)OC)CS[C@H]12)c1csc(N)n1.[H-].[K+]. The first-order chi connectivity index (χ1) is 17.3. The van der Waals surface area contributed by atoms with Gasteiger partial charge in [0, 0.05) is 16.9 Å². The van der Waals surface area contributed by atoms with Crippen LogP contribution in [-0.2, 0) is 24.0 Å². The fourth-order valence-electron chi connectivity index (χ4n) is 3.42. The zero-order valence-electron chi connectivity index (χ0n) is 20.6. The molecule has 4 heterocycles. The molecule has 4 rings (SSSR count). The van der Waals surface area contributed by atoms with Crippen molar-refractivity contribution in [2.45, 2.75) is 15.6 Å². The van der Waals surface area contributed by atoms with E-state index in [0.29, 0.717) is 15.5 Å². The van der Waals surface area contributed by atoms with Crippen LogP contribution >= 0.6 is 46.2 Å². The van der Waals surface area contributed by atoms with Gasteiger partial charge in [-0.15, -0.1) is 46.2 Å². The van der Waals surface area contributed by atoms with Gasteiger partial charge in [-0.2, -0.15) is 0 Å². The molecule has 1 fully saturated rings. The largest absolute Gasteiger partial charge is 1.00 e. The number of nitrogens with zero attached hydrogens (tertiary/aromatic N) is 4. The number of rotatable bonds is 9. The van der Waals surface area contributed by atoms with Crippen molar-refractivity contribution in [2.24, 2.45) is 5.16 Å². The number of thioether (sulfide) groups is 2. The molecule has 18 heteroatoms. The Balaban J connectivity index is 0.00000253. The minimum absolute atomic E-state index is 0. The summed E-state index contributed by atoms with van der Waals surface area (Å²) in [4.78, 5) is 63.7. The number of nitrogens with one attached hydrogen (secondary N) is 1. The van der Waals surface area contributed by atoms with Crippen molar-refractivity contribution in [1.82, 2.24) is 20.2 Å². The number of oxime groups is 1. The number of carboxylic acid groups (broad SMARTS) is 1. The normalized spacial score (nSPS) is 18.9. The fourth-order valence-corrected chi connectivity index (χ4v) is 7.34. The van der Waals surface area contributed by atoms with Crippen molar-refractivity contribution >= 4 is 80.8 Å². The molecular formula is C19H19KN6O7S4. The Morgan fingerprint density at radius 3 is 2.76 bits per heavy atom. The smallest absolute Gasteiger partial charge is 1.00 e. The van der Waals surface area contributed by atoms with Gasteiger partial charge in [0.1, 0.15) is 29.9 Å². The number of carboxylic acids is 1. The maximum Gasteiger partial charge on any atom is 1.00 e. The van der Waals surface area contributed by atoms with Crippen molar-refractivity contribution in [3.8, 4) is 0 Å². The zero-order chi connectivity index (χ0) is 26.0. The Morgan fingerprint density at radius 1 is 1.38 bits per heavy atom. The van der Waals surface area contributed by atoms with Crippen molar-refractivity contribution < 1.29 is 86.7 Å². The molecule has 2 aromatic rings. The van der Waals surface area contributed by atoms with E-state index >= 15 is 0 Å². The van der Waals surface area contributed by atoms with E-state index in [9.17, 15) is 24.3 Å². The molecule has 0 saturated carbocycles. The van der Waals surface area contributed by atoms with Crippen LogP contribution in [0.2, 0.25) is 0 Å². The Morgan fingerprint density at radius 2 is 2.14 bits per heavy atom. The number of esters is 1. The molecular weight excluding hydrogens is 592 g/mol. The van der Waals surface area contributed by atoms with Crippen molar-refractivity contribution in [2.75, 3.05) is 31.5 Å². The molecule has 2 aliphatic rings. The summed E-state index contributed by atoms with van der Waals surface area (Å²) in [7, 11) is 2.51. The van der Waals surface area contributed by atoms with E-state index in [4.69, 9.17) is 15.3 Å². The van der Waals surface area contributed by atoms with Gasteiger partial charge >= 0.3 is 63.3 Å². The van der Waals surface area contributed by atoms with Crippen LogP contribution in [0.15, 0.2) is 31.5 Å². The Labute approximate surface area is 270 Å². The summed E-state index contributed by atoms with van der Waals surface area (Å²) in [6.07, 6.45) is 0. The van der Waals surface area contributed by atoms with Crippen LogP contribution < -0.4 is 62.4 Å². The molecule has 192 valence electrons. The number of nitrogens with two attached hydrogens (primary N) is 1. The van der Waals surface area contributed by atoms with Crippen LogP contribution in [-0.4, -0.2) is 86.6 Å². The quantitative estimate of drug-likeness (QED) is 0.0707. The standard InChI is InChI=1S/C19H18N6O7S4.K.H/c1-31-17(30)11-18(36-6-21-11)34-4-7-3-33-15-10(14(27)25(15)12(7)16(28)29)23-13(26)9(24-32-2)8-5-35-19(20)22-8;;/h5-6,10,15H,3-4H2,1-2H3,(H2,20,22)(H,23,26)(H,28,29);;/q;+1;-1/b24-9-;;/t10?,15-;;/m1../s1. The molecule has 4 N–H and O–H groups in total. The predicted octanol–water partition coefficient (Wildman–Crippen LogP) is -2.03. The van der Waals surface area contributed by atoms with Crippen LogP contribution in [0, 0.1) is 0 Å². The summed E-state index contributed by atoms with van der Waals surface area (Å²) in [5.41, 5.74) is 7.70. The Kier molecular flexibility index (Phi) is 10.6. The van der Waals surface area contributed by atoms with Gasteiger partial charge in [0.05, 0.1) is 16.8 Å². The second-order valence-electron chi connectivity index (χ2n) is 7.08. The number of β-lactam (4-membered cyclic amide) rings is 1. The van der Waals surface area contributed by atoms with Crippen molar-refractivity contribution in [3.05, 3.63) is 33.5 Å². The average molecular weight is 611 g/mol. The van der Waals surface area contributed by atoms with E-state index in [-0.39, 0.29) is 86.5 Å². The second kappa shape index (κ2) is 13.0. The molecule has 0 radical (unpaired) electrons. The van der Waals surface area contributed by atoms with E-state index in [1.54, 1.807) is 0 Å². The number of anilines is 1. The van der Waals surface area contributed by atoms with Gasteiger partial charge in [-0.3, -0.25) is 14.5 Å². The molecule has 0 aliphatic carbocycles. The van der Waals surface area contributed by atoms with Gasteiger partial charge in [0.15, 0.2) is 16.5 Å². The number of fused-ring (bicyclic) bond motifs is 1. The van der Waals surface area contributed by atoms with Gasteiger partial charge in [-0.1, -0.05) is 5.16 Å². The minimum Gasteiger partial charge on any atom is -1.00 e. The topological polar surface area (TPSA) is 186 Å². The molecule has 2 aliphatic heterocycles. The molecule has 0 spiro atoms. The van der Waals surface area contributed by atoms with Gasteiger partial charge in [-0.05, 0) is 5.57 Å². The van der Waals surface area contributed by atoms with E-state index in [0.717, 1.165) is 11.3 Å². The van der Waals surface area contributed by atoms with Gasteiger partial charge in [-0.25, -0.2) is 19.6 Å². The molecule has 1 saturated heterocycles. The van der Waals surface area contributed by atoms with Crippen molar-refractivity contribution in [3.63, 3.8) is 0 Å². The Bertz CT molecular complexity index is 1300. The van der Waals surface area contributed by atoms with Crippen LogP contribution in [0.1, 0.15) is 17.6 Å². The first kappa shape index (κ1) is 30.0. The summed E-state index contributed by atoms with van der Waals surface area (Å²) < 4.78 is 5.30. The van der Waals surface area contributed by atoms with Gasteiger partial charge in [0.2, 0.25) is 0 Å². The number of hydrogen-bond acceptors (Lipinski definition) is 14. The maximum atomic E-state index is 12.9. The predicted molar refractivity (Wildman–Crippen MR) is 135 cm³/mol. The van der Waals surface area contributed by atoms with E-state index in [1.165, 1.54) is 64.9 Å². The van der Waals surface area contributed by atoms with Crippen LogP contribution in [0.25, 0.3) is 0 Å². The van der Waals surface area contributed by atoms with Crippen LogP contribution in [0.4, 0.5) is 5.13 Å². The zero-order valence-corrected chi connectivity index (χ0v) is 26.0. The number of ether oxygens (including phenoxy) is 1. The van der Waals surface area contributed by atoms with E-state index in [1.807, 2.05) is 0 Å². The number of thiazole rings is 2. The summed E-state index contributed by atoms with van der Waals surface area (Å²) in [6, 6.07) is -0.962. The number of amides is 2. The molecule has 2 aromatic heterocycles. The maximum absolute atomic E-state index is 12.9. The van der Waals surface area contributed by atoms with Gasteiger partial charge < -0.3 is 27.2 Å². The van der Waals surface area contributed by atoms with Crippen LogP contribution in [0.5, 0.6) is 0 Å². The van der Waals surface area contributed by atoms with Crippen molar-refractivity contribution in [1.29, 1.82) is 0 Å². The second-order valence-corrected chi connectivity index (χ2v) is 11.2. The third kappa shape index (κ3) is 6.22. The van der Waals surface area contributed by atoms with Crippen LogP contribution in [0.3, 0.4) is 0 Å². The molecule has 2 amide bonds. The molecule has 2 atom stereocenters. The first-order valence-electron chi connectivity index (χ1n) is 9.94. The molecule has 37 heavy (non-hydrogen) atoms. The number of hydrogen-bond donors (Lipinski definition) is 3.